The highest BCUT2D eigenvalue weighted by molar-refractivity contribution is 5.94. The third-order valence-corrected chi connectivity index (χ3v) is 1.83. The molecule has 0 amide bonds. The van der Waals surface area contributed by atoms with Crippen LogP contribution in [0.4, 0.5) is 0 Å². The molecule has 14 heavy (non-hydrogen) atoms. The van der Waals surface area contributed by atoms with Crippen LogP contribution < -0.4 is 0 Å². The van der Waals surface area contributed by atoms with Gasteiger partial charge in [-0.15, -0.1) is 11.8 Å². The molecule has 0 fully saturated rings. The second kappa shape index (κ2) is 5.18. The molecule has 0 aliphatic heterocycles. The molecule has 0 aromatic carbocycles. The number of ketones is 1. The van der Waals surface area contributed by atoms with Gasteiger partial charge in [-0.3, -0.25) is 9.78 Å². The molecule has 0 aliphatic carbocycles. The van der Waals surface area contributed by atoms with E-state index in [1.165, 1.54) is 0 Å². The molecule has 0 saturated heterocycles. The van der Waals surface area contributed by atoms with Gasteiger partial charge in [0.1, 0.15) is 5.69 Å². The van der Waals surface area contributed by atoms with Crippen molar-refractivity contribution in [2.45, 2.75) is 26.7 Å². The molecule has 0 N–H and O–H groups in total. The number of aryl methyl sites for hydroxylation is 1. The summed E-state index contributed by atoms with van der Waals surface area (Å²) in [4.78, 5) is 15.7. The van der Waals surface area contributed by atoms with Crippen molar-refractivity contribution < 1.29 is 4.79 Å². The first-order valence-corrected chi connectivity index (χ1v) is 4.60. The first-order valence-electron chi connectivity index (χ1n) is 4.60. The van der Waals surface area contributed by atoms with E-state index in [2.05, 4.69) is 16.8 Å². The highest BCUT2D eigenvalue weighted by Crippen LogP contribution is 2.03. The first-order chi connectivity index (χ1) is 6.74. The minimum atomic E-state index is 0.0662. The lowest BCUT2D eigenvalue weighted by molar-refractivity contribution is 0.0979. The van der Waals surface area contributed by atoms with Gasteiger partial charge in [0, 0.05) is 18.5 Å². The lowest BCUT2D eigenvalue weighted by Gasteiger charge is -1.98. The normalized spacial score (nSPS) is 9.00. The number of hydrogen-bond acceptors (Lipinski definition) is 2. The summed E-state index contributed by atoms with van der Waals surface area (Å²) in [7, 11) is 0. The molecule has 0 unspecified atom stereocenters. The minimum Gasteiger partial charge on any atom is -0.292 e. The number of carbonyl (C=O) groups excluding carboxylic acids is 1. The molecule has 72 valence electrons. The summed E-state index contributed by atoms with van der Waals surface area (Å²) in [6.07, 6.45) is 1.07. The van der Waals surface area contributed by atoms with Crippen molar-refractivity contribution in [2.75, 3.05) is 0 Å². The quantitative estimate of drug-likeness (QED) is 0.537. The largest absolute Gasteiger partial charge is 0.292 e. The highest BCUT2D eigenvalue weighted by Gasteiger charge is 2.05. The van der Waals surface area contributed by atoms with Crippen LogP contribution >= 0.6 is 0 Å². The second-order valence-electron chi connectivity index (χ2n) is 3.01. The van der Waals surface area contributed by atoms with Gasteiger partial charge < -0.3 is 0 Å². The fourth-order valence-corrected chi connectivity index (χ4v) is 1.13. The maximum absolute atomic E-state index is 11.5. The molecule has 0 bridgehead atoms. The van der Waals surface area contributed by atoms with Gasteiger partial charge in [0.25, 0.3) is 0 Å². The predicted molar refractivity (Wildman–Crippen MR) is 56.0 cm³/mol. The van der Waals surface area contributed by atoms with Crippen LogP contribution in [0.1, 0.15) is 35.9 Å². The highest BCUT2D eigenvalue weighted by atomic mass is 16.1. The van der Waals surface area contributed by atoms with Crippen LogP contribution in [-0.2, 0) is 0 Å². The zero-order valence-corrected chi connectivity index (χ0v) is 8.50. The lowest BCUT2D eigenvalue weighted by Crippen LogP contribution is -2.02. The van der Waals surface area contributed by atoms with Gasteiger partial charge in [0.2, 0.25) is 0 Å². The molecule has 1 rings (SSSR count). The zero-order valence-electron chi connectivity index (χ0n) is 8.50. The molecule has 1 aromatic rings. The standard InChI is InChI=1S/C12H13NO/c1-3-4-5-9-12(14)11-8-6-7-10(2)13-11/h6-8H,5,9H2,1-2H3. The maximum atomic E-state index is 11.5. The third-order valence-electron chi connectivity index (χ3n) is 1.83. The first kappa shape index (κ1) is 10.5. The summed E-state index contributed by atoms with van der Waals surface area (Å²) in [5.41, 5.74) is 1.42. The van der Waals surface area contributed by atoms with E-state index in [9.17, 15) is 4.79 Å². The van der Waals surface area contributed by atoms with Crippen LogP contribution in [0.2, 0.25) is 0 Å². The average Bonchev–Trinajstić information content (AvgIpc) is 2.18. The van der Waals surface area contributed by atoms with Crippen molar-refractivity contribution in [1.29, 1.82) is 0 Å². The smallest absolute Gasteiger partial charge is 0.182 e. The SMILES string of the molecule is CC#CCCC(=O)c1cccc(C)n1. The number of aromatic nitrogens is 1. The Morgan fingerprint density at radius 2 is 2.29 bits per heavy atom. The number of carbonyl (C=O) groups is 1. The van der Waals surface area contributed by atoms with Crippen molar-refractivity contribution in [2.24, 2.45) is 0 Å². The zero-order chi connectivity index (χ0) is 10.4. The minimum absolute atomic E-state index is 0.0662. The van der Waals surface area contributed by atoms with Gasteiger partial charge in [-0.1, -0.05) is 6.07 Å². The molecule has 0 spiro atoms. The Morgan fingerprint density at radius 3 is 2.93 bits per heavy atom. The van der Waals surface area contributed by atoms with Crippen LogP contribution in [-0.4, -0.2) is 10.8 Å². The third kappa shape index (κ3) is 3.02. The van der Waals surface area contributed by atoms with Gasteiger partial charge in [0.15, 0.2) is 5.78 Å². The van der Waals surface area contributed by atoms with Crippen LogP contribution in [0.25, 0.3) is 0 Å². The van der Waals surface area contributed by atoms with E-state index in [0.29, 0.717) is 18.5 Å². The van der Waals surface area contributed by atoms with Crippen LogP contribution in [0.15, 0.2) is 18.2 Å². The molecule has 2 nitrogen and oxygen atoms in total. The van der Waals surface area contributed by atoms with E-state index in [4.69, 9.17) is 0 Å². The molecular weight excluding hydrogens is 174 g/mol. The van der Waals surface area contributed by atoms with Gasteiger partial charge in [0.05, 0.1) is 0 Å². The second-order valence-corrected chi connectivity index (χ2v) is 3.01. The van der Waals surface area contributed by atoms with Crippen LogP contribution in [0, 0.1) is 18.8 Å². The topological polar surface area (TPSA) is 30.0 Å². The summed E-state index contributed by atoms with van der Waals surface area (Å²) in [6.45, 7) is 3.65. The van der Waals surface area contributed by atoms with Gasteiger partial charge in [-0.2, -0.15) is 0 Å². The van der Waals surface area contributed by atoms with E-state index >= 15 is 0 Å². The number of hydrogen-bond donors (Lipinski definition) is 0. The van der Waals surface area contributed by atoms with Crippen molar-refractivity contribution in [1.82, 2.24) is 4.98 Å². The Bertz CT molecular complexity index is 385. The van der Waals surface area contributed by atoms with Crippen molar-refractivity contribution in [3.63, 3.8) is 0 Å². The Balaban J connectivity index is 2.63. The van der Waals surface area contributed by atoms with Gasteiger partial charge in [-0.05, 0) is 26.0 Å². The Hall–Kier alpha value is -1.62. The molecule has 0 saturated carbocycles. The van der Waals surface area contributed by atoms with E-state index < -0.39 is 0 Å². The number of Topliss-reactive ketones (excluding diaryl/α,β-unsaturated/α-hetero) is 1. The van der Waals surface area contributed by atoms with Crippen molar-refractivity contribution in [3.05, 3.63) is 29.6 Å². The molecule has 0 radical (unpaired) electrons. The fraction of sp³-hybridized carbons (Fsp3) is 0.333. The monoisotopic (exact) mass is 187 g/mol. The van der Waals surface area contributed by atoms with Crippen LogP contribution in [0.5, 0.6) is 0 Å². The number of pyridine rings is 1. The summed E-state index contributed by atoms with van der Waals surface area (Å²) >= 11 is 0. The van der Waals surface area contributed by atoms with Gasteiger partial charge in [-0.25, -0.2) is 0 Å². The molecular formula is C12H13NO. The summed E-state index contributed by atoms with van der Waals surface area (Å²) in [5, 5.41) is 0. The van der Waals surface area contributed by atoms with Gasteiger partial charge >= 0.3 is 0 Å². The van der Waals surface area contributed by atoms with E-state index in [-0.39, 0.29) is 5.78 Å². The fourth-order valence-electron chi connectivity index (χ4n) is 1.13. The van der Waals surface area contributed by atoms with E-state index in [1.54, 1.807) is 13.0 Å². The van der Waals surface area contributed by atoms with Crippen LogP contribution in [0.3, 0.4) is 0 Å². The summed E-state index contributed by atoms with van der Waals surface area (Å²) in [5.74, 6) is 5.69. The molecule has 2 heteroatoms. The molecule has 1 heterocycles. The van der Waals surface area contributed by atoms with Crippen molar-refractivity contribution in [3.8, 4) is 11.8 Å². The maximum Gasteiger partial charge on any atom is 0.182 e. The average molecular weight is 187 g/mol. The van der Waals surface area contributed by atoms with Crippen molar-refractivity contribution >= 4 is 5.78 Å². The predicted octanol–water partition coefficient (Wildman–Crippen LogP) is 2.38. The van der Waals surface area contributed by atoms with E-state index in [1.807, 2.05) is 19.1 Å². The number of nitrogens with zero attached hydrogens (tertiary/aromatic N) is 1. The number of rotatable bonds is 3. The Kier molecular flexibility index (Phi) is 3.87. The Morgan fingerprint density at radius 1 is 1.50 bits per heavy atom. The Labute approximate surface area is 84.4 Å². The molecule has 0 aliphatic rings. The van der Waals surface area contributed by atoms with E-state index in [0.717, 1.165) is 5.69 Å². The summed E-state index contributed by atoms with van der Waals surface area (Å²) < 4.78 is 0. The summed E-state index contributed by atoms with van der Waals surface area (Å²) in [6, 6.07) is 5.47. The molecule has 0 atom stereocenters. The molecule has 1 aromatic heterocycles. The lowest BCUT2D eigenvalue weighted by atomic mass is 10.1.